The van der Waals surface area contributed by atoms with E-state index >= 15 is 0 Å². The van der Waals surface area contributed by atoms with Crippen LogP contribution < -0.4 is 0 Å². The predicted molar refractivity (Wildman–Crippen MR) is 69.4 cm³/mol. The van der Waals surface area contributed by atoms with Gasteiger partial charge in [-0.3, -0.25) is 4.98 Å². The summed E-state index contributed by atoms with van der Waals surface area (Å²) in [7, 11) is 0. The number of carboxylic acid groups (broad SMARTS) is 1. The maximum absolute atomic E-state index is 10.9. The molecule has 3 rings (SSSR count). The minimum absolute atomic E-state index is 0.581. The van der Waals surface area contributed by atoms with E-state index in [1.165, 1.54) is 6.08 Å². The average molecular weight is 258 g/mol. The van der Waals surface area contributed by atoms with Gasteiger partial charge in [-0.1, -0.05) is 23.7 Å². The second-order valence-corrected chi connectivity index (χ2v) is 4.42. The van der Waals surface area contributed by atoms with Crippen molar-refractivity contribution in [1.82, 2.24) is 4.98 Å². The SMILES string of the molecule is O=C(O)/C=C1/c2cc(Cl)ccc2-c2ncccc21. The zero-order valence-electron chi connectivity index (χ0n) is 9.22. The van der Waals surface area contributed by atoms with Gasteiger partial charge in [0.2, 0.25) is 0 Å². The van der Waals surface area contributed by atoms with Crippen LogP contribution in [0.5, 0.6) is 0 Å². The lowest BCUT2D eigenvalue weighted by molar-refractivity contribution is -0.131. The van der Waals surface area contributed by atoms with E-state index in [2.05, 4.69) is 4.98 Å². The molecule has 1 aliphatic rings. The Balaban J connectivity index is 2.35. The lowest BCUT2D eigenvalue weighted by Gasteiger charge is -2.01. The van der Waals surface area contributed by atoms with Crippen molar-refractivity contribution in [3.05, 3.63) is 58.8 Å². The van der Waals surface area contributed by atoms with Crippen LogP contribution in [0.25, 0.3) is 16.8 Å². The van der Waals surface area contributed by atoms with Crippen LogP contribution in [0.3, 0.4) is 0 Å². The highest BCUT2D eigenvalue weighted by Gasteiger charge is 2.25. The van der Waals surface area contributed by atoms with Gasteiger partial charge in [0.05, 0.1) is 5.69 Å². The number of benzene rings is 1. The molecule has 3 nitrogen and oxygen atoms in total. The Bertz CT molecular complexity index is 692. The Labute approximate surface area is 108 Å². The zero-order chi connectivity index (χ0) is 12.7. The van der Waals surface area contributed by atoms with Gasteiger partial charge in [-0.05, 0) is 29.3 Å². The highest BCUT2D eigenvalue weighted by Crippen LogP contribution is 2.43. The molecular weight excluding hydrogens is 250 g/mol. The second kappa shape index (κ2) is 3.96. The number of carbonyl (C=O) groups is 1. The summed E-state index contributed by atoms with van der Waals surface area (Å²) in [5, 5.41) is 9.55. The molecule has 2 aromatic rings. The molecule has 1 aromatic carbocycles. The number of aromatic nitrogens is 1. The second-order valence-electron chi connectivity index (χ2n) is 3.99. The number of aliphatic carboxylic acids is 1. The molecule has 0 fully saturated rings. The van der Waals surface area contributed by atoms with Crippen molar-refractivity contribution < 1.29 is 9.90 Å². The maximum atomic E-state index is 10.9. The molecule has 88 valence electrons. The Morgan fingerprint density at radius 3 is 2.83 bits per heavy atom. The molecule has 0 spiro atoms. The molecule has 0 atom stereocenters. The summed E-state index contributed by atoms with van der Waals surface area (Å²) in [6, 6.07) is 9.08. The smallest absolute Gasteiger partial charge is 0.328 e. The fourth-order valence-corrected chi connectivity index (χ4v) is 2.38. The number of halogens is 1. The van der Waals surface area contributed by atoms with E-state index in [-0.39, 0.29) is 0 Å². The Morgan fingerprint density at radius 2 is 2.06 bits per heavy atom. The topological polar surface area (TPSA) is 50.2 Å². The lowest BCUT2D eigenvalue weighted by Crippen LogP contribution is -1.91. The Morgan fingerprint density at radius 1 is 1.22 bits per heavy atom. The van der Waals surface area contributed by atoms with E-state index in [4.69, 9.17) is 16.7 Å². The first-order valence-corrected chi connectivity index (χ1v) is 5.75. The van der Waals surface area contributed by atoms with E-state index in [1.54, 1.807) is 24.4 Å². The van der Waals surface area contributed by atoms with E-state index in [0.717, 1.165) is 22.4 Å². The van der Waals surface area contributed by atoms with Crippen LogP contribution in [0.2, 0.25) is 5.02 Å². The van der Waals surface area contributed by atoms with Crippen LogP contribution in [0.15, 0.2) is 42.6 Å². The minimum Gasteiger partial charge on any atom is -0.478 e. The molecule has 4 heteroatoms. The van der Waals surface area contributed by atoms with Crippen LogP contribution in [-0.4, -0.2) is 16.1 Å². The van der Waals surface area contributed by atoms with Gasteiger partial charge in [0, 0.05) is 28.4 Å². The number of nitrogens with zero attached hydrogens (tertiary/aromatic N) is 1. The third-order valence-corrected chi connectivity index (χ3v) is 3.13. The van der Waals surface area contributed by atoms with Crippen molar-refractivity contribution in [3.63, 3.8) is 0 Å². The van der Waals surface area contributed by atoms with Gasteiger partial charge in [-0.15, -0.1) is 0 Å². The molecule has 0 unspecified atom stereocenters. The molecule has 1 aliphatic carbocycles. The summed E-state index contributed by atoms with van der Waals surface area (Å²) in [6.07, 6.45) is 2.89. The van der Waals surface area contributed by atoms with E-state index < -0.39 is 5.97 Å². The number of fused-ring (bicyclic) bond motifs is 3. The van der Waals surface area contributed by atoms with Crippen molar-refractivity contribution in [1.29, 1.82) is 0 Å². The monoisotopic (exact) mass is 257 g/mol. The van der Waals surface area contributed by atoms with Crippen molar-refractivity contribution in [2.45, 2.75) is 0 Å². The Hall–Kier alpha value is -2.13. The summed E-state index contributed by atoms with van der Waals surface area (Å²) in [6.45, 7) is 0. The van der Waals surface area contributed by atoms with Crippen LogP contribution >= 0.6 is 11.6 Å². The largest absolute Gasteiger partial charge is 0.478 e. The molecular formula is C14H8ClNO2. The summed E-state index contributed by atoms with van der Waals surface area (Å²) >= 11 is 5.97. The van der Waals surface area contributed by atoms with Crippen molar-refractivity contribution in [2.75, 3.05) is 0 Å². The first-order chi connectivity index (χ1) is 8.66. The van der Waals surface area contributed by atoms with Gasteiger partial charge in [0.25, 0.3) is 0 Å². The van der Waals surface area contributed by atoms with Gasteiger partial charge in [0.1, 0.15) is 0 Å². The summed E-state index contributed by atoms with van der Waals surface area (Å²) < 4.78 is 0. The number of hydrogen-bond acceptors (Lipinski definition) is 2. The highest BCUT2D eigenvalue weighted by molar-refractivity contribution is 6.31. The van der Waals surface area contributed by atoms with E-state index in [9.17, 15) is 4.79 Å². The molecule has 0 saturated heterocycles. The number of hydrogen-bond donors (Lipinski definition) is 1. The van der Waals surface area contributed by atoms with E-state index in [1.807, 2.05) is 12.1 Å². The van der Waals surface area contributed by atoms with Gasteiger partial charge in [-0.25, -0.2) is 4.79 Å². The summed E-state index contributed by atoms with van der Waals surface area (Å²) in [5.74, 6) is -0.979. The number of carboxylic acids is 1. The van der Waals surface area contributed by atoms with Gasteiger partial charge in [0.15, 0.2) is 0 Å². The molecule has 18 heavy (non-hydrogen) atoms. The van der Waals surface area contributed by atoms with Crippen LogP contribution in [0.1, 0.15) is 11.1 Å². The van der Waals surface area contributed by atoms with Crippen LogP contribution in [0, 0.1) is 0 Å². The third kappa shape index (κ3) is 1.60. The van der Waals surface area contributed by atoms with Crippen molar-refractivity contribution >= 4 is 23.1 Å². The third-order valence-electron chi connectivity index (χ3n) is 2.89. The highest BCUT2D eigenvalue weighted by atomic mass is 35.5. The van der Waals surface area contributed by atoms with Gasteiger partial charge in [-0.2, -0.15) is 0 Å². The number of rotatable bonds is 1. The fourth-order valence-electron chi connectivity index (χ4n) is 2.21. The van der Waals surface area contributed by atoms with Crippen LogP contribution in [-0.2, 0) is 4.79 Å². The Kier molecular flexibility index (Phi) is 2.42. The average Bonchev–Trinajstić information content (AvgIpc) is 2.63. The first-order valence-electron chi connectivity index (χ1n) is 5.37. The van der Waals surface area contributed by atoms with Gasteiger partial charge < -0.3 is 5.11 Å². The minimum atomic E-state index is -0.979. The summed E-state index contributed by atoms with van der Waals surface area (Å²) in [4.78, 5) is 15.2. The molecule has 0 amide bonds. The molecule has 1 heterocycles. The standard InChI is InChI=1S/C14H8ClNO2/c15-8-3-4-10-11(6-8)12(7-13(17)18)9-2-1-5-16-14(9)10/h1-7H,(H,17,18)/b12-7+. The molecule has 0 saturated carbocycles. The fraction of sp³-hybridized carbons (Fsp3) is 0. The van der Waals surface area contributed by atoms with Gasteiger partial charge >= 0.3 is 5.97 Å². The quantitative estimate of drug-likeness (QED) is 0.681. The first kappa shape index (κ1) is 11.0. The lowest BCUT2D eigenvalue weighted by atomic mass is 10.0. The molecule has 1 N–H and O–H groups in total. The molecule has 0 radical (unpaired) electrons. The normalized spacial score (nSPS) is 14.4. The predicted octanol–water partition coefficient (Wildman–Crippen LogP) is 3.23. The molecule has 0 aliphatic heterocycles. The van der Waals surface area contributed by atoms with Crippen LogP contribution in [0.4, 0.5) is 0 Å². The number of pyridine rings is 1. The molecule has 1 aromatic heterocycles. The van der Waals surface area contributed by atoms with Crippen molar-refractivity contribution in [3.8, 4) is 11.3 Å². The summed E-state index contributed by atoms with van der Waals surface area (Å²) in [5.41, 5.74) is 4.03. The van der Waals surface area contributed by atoms with E-state index in [0.29, 0.717) is 10.6 Å². The van der Waals surface area contributed by atoms with Crippen molar-refractivity contribution in [2.24, 2.45) is 0 Å². The molecule has 0 bridgehead atoms. The zero-order valence-corrected chi connectivity index (χ0v) is 9.98. The maximum Gasteiger partial charge on any atom is 0.328 e.